The number of hydrogen-bond donors (Lipinski definition) is 0. The molecule has 5 heteroatoms. The first-order valence-corrected chi connectivity index (χ1v) is 5.56. The van der Waals surface area contributed by atoms with Crippen LogP contribution in [0.1, 0.15) is 16.8 Å². The Morgan fingerprint density at radius 1 is 1.25 bits per heavy atom. The maximum Gasteiger partial charge on any atom is 0.167 e. The number of methoxy groups -OCH3 is 2. The first-order chi connectivity index (χ1) is 7.63. The average Bonchev–Trinajstić information content (AvgIpc) is 2.28. The summed E-state index contributed by atoms with van der Waals surface area (Å²) in [6.45, 7) is 0. The Labute approximate surface area is 104 Å². The lowest BCUT2D eigenvalue weighted by Gasteiger charge is -2.10. The van der Waals surface area contributed by atoms with Crippen molar-refractivity contribution >= 4 is 29.0 Å². The maximum absolute atomic E-state index is 11.7. The molecule has 1 aromatic rings. The van der Waals surface area contributed by atoms with Crippen LogP contribution in [-0.4, -0.2) is 25.9 Å². The van der Waals surface area contributed by atoms with Crippen LogP contribution in [0, 0.1) is 0 Å². The van der Waals surface area contributed by atoms with Crippen LogP contribution in [0.5, 0.6) is 11.5 Å². The Morgan fingerprint density at radius 2 is 1.88 bits per heavy atom. The van der Waals surface area contributed by atoms with Gasteiger partial charge in [-0.1, -0.05) is 11.6 Å². The summed E-state index contributed by atoms with van der Waals surface area (Å²) in [5.41, 5.74) is 0.435. The first kappa shape index (κ1) is 13.1. The summed E-state index contributed by atoms with van der Waals surface area (Å²) < 4.78 is 10.1. The van der Waals surface area contributed by atoms with Gasteiger partial charge in [0.2, 0.25) is 0 Å². The predicted octanol–water partition coefficient (Wildman–Crippen LogP) is 3.17. The highest BCUT2D eigenvalue weighted by molar-refractivity contribution is 6.32. The number of hydrogen-bond acceptors (Lipinski definition) is 3. The van der Waals surface area contributed by atoms with Gasteiger partial charge in [-0.25, -0.2) is 0 Å². The summed E-state index contributed by atoms with van der Waals surface area (Å²) in [5.74, 6) is 1.05. The molecule has 0 aliphatic heterocycles. The van der Waals surface area contributed by atoms with E-state index in [4.69, 9.17) is 32.7 Å². The average molecular weight is 263 g/mol. The molecule has 0 aliphatic rings. The van der Waals surface area contributed by atoms with Gasteiger partial charge in [-0.05, 0) is 6.07 Å². The van der Waals surface area contributed by atoms with Gasteiger partial charge >= 0.3 is 0 Å². The van der Waals surface area contributed by atoms with E-state index in [9.17, 15) is 4.79 Å². The Bertz CT molecular complexity index is 391. The highest BCUT2D eigenvalue weighted by Gasteiger charge is 2.15. The van der Waals surface area contributed by atoms with Crippen LogP contribution in [0.2, 0.25) is 5.02 Å². The zero-order chi connectivity index (χ0) is 12.1. The molecule has 0 fully saturated rings. The normalized spacial score (nSPS) is 10.0. The number of rotatable bonds is 5. The number of ether oxygens (including phenoxy) is 2. The third kappa shape index (κ3) is 2.80. The zero-order valence-electron chi connectivity index (χ0n) is 9.05. The smallest absolute Gasteiger partial charge is 0.167 e. The lowest BCUT2D eigenvalue weighted by Crippen LogP contribution is -2.03. The summed E-state index contributed by atoms with van der Waals surface area (Å²) in [6.07, 6.45) is 0.253. The molecule has 0 amide bonds. The number of halogens is 2. The van der Waals surface area contributed by atoms with Gasteiger partial charge in [-0.2, -0.15) is 0 Å². The molecule has 0 aliphatic carbocycles. The molecular weight excluding hydrogens is 251 g/mol. The molecule has 0 radical (unpaired) electrons. The summed E-state index contributed by atoms with van der Waals surface area (Å²) in [4.78, 5) is 11.7. The van der Waals surface area contributed by atoms with Gasteiger partial charge in [0, 0.05) is 18.4 Å². The first-order valence-electron chi connectivity index (χ1n) is 4.64. The van der Waals surface area contributed by atoms with Crippen LogP contribution in [0.4, 0.5) is 0 Å². The van der Waals surface area contributed by atoms with Gasteiger partial charge in [0.1, 0.15) is 11.5 Å². The SMILES string of the molecule is COc1cc(C(=O)CCCl)c(OC)cc1Cl. The van der Waals surface area contributed by atoms with Crippen LogP contribution < -0.4 is 9.47 Å². The number of carbonyl (C=O) groups excluding carboxylic acids is 1. The van der Waals surface area contributed by atoms with Gasteiger partial charge in [-0.15, -0.1) is 11.6 Å². The Morgan fingerprint density at radius 3 is 2.38 bits per heavy atom. The van der Waals surface area contributed by atoms with Crippen molar-refractivity contribution in [1.29, 1.82) is 0 Å². The van der Waals surface area contributed by atoms with Crippen molar-refractivity contribution < 1.29 is 14.3 Å². The minimum Gasteiger partial charge on any atom is -0.496 e. The van der Waals surface area contributed by atoms with E-state index >= 15 is 0 Å². The largest absolute Gasteiger partial charge is 0.496 e. The Balaban J connectivity index is 3.19. The van der Waals surface area contributed by atoms with E-state index in [1.165, 1.54) is 14.2 Å². The molecule has 3 nitrogen and oxygen atoms in total. The Kier molecular flexibility index (Phi) is 4.90. The molecule has 16 heavy (non-hydrogen) atoms. The molecule has 0 N–H and O–H groups in total. The van der Waals surface area contributed by atoms with Crippen molar-refractivity contribution in [3.05, 3.63) is 22.7 Å². The molecule has 0 saturated heterocycles. The molecule has 0 aromatic heterocycles. The second-order valence-corrected chi connectivity index (χ2v) is 3.83. The molecule has 0 bridgehead atoms. The van der Waals surface area contributed by atoms with Crippen molar-refractivity contribution in [3.8, 4) is 11.5 Å². The number of alkyl halides is 1. The van der Waals surface area contributed by atoms with Gasteiger partial charge in [0.25, 0.3) is 0 Å². The summed E-state index contributed by atoms with van der Waals surface area (Å²) in [5, 5.41) is 0.404. The third-order valence-electron chi connectivity index (χ3n) is 2.10. The minimum atomic E-state index is -0.0955. The monoisotopic (exact) mass is 262 g/mol. The van der Waals surface area contributed by atoms with Crippen LogP contribution in [-0.2, 0) is 0 Å². The molecule has 0 spiro atoms. The molecule has 0 saturated carbocycles. The molecule has 1 aromatic carbocycles. The van der Waals surface area contributed by atoms with Crippen LogP contribution in [0.15, 0.2) is 12.1 Å². The fourth-order valence-corrected chi connectivity index (χ4v) is 1.70. The standard InChI is InChI=1S/C11H12Cl2O3/c1-15-10-6-8(13)11(16-2)5-7(10)9(14)3-4-12/h5-6H,3-4H2,1-2H3. The fourth-order valence-electron chi connectivity index (χ4n) is 1.30. The Hall–Kier alpha value is -0.930. The van der Waals surface area contributed by atoms with E-state index in [0.717, 1.165) is 0 Å². The lowest BCUT2D eigenvalue weighted by atomic mass is 10.1. The zero-order valence-corrected chi connectivity index (χ0v) is 10.6. The third-order valence-corrected chi connectivity index (χ3v) is 2.58. The lowest BCUT2D eigenvalue weighted by molar-refractivity contribution is 0.0986. The number of benzene rings is 1. The molecule has 0 unspecified atom stereocenters. The van der Waals surface area contributed by atoms with E-state index in [1.54, 1.807) is 12.1 Å². The highest BCUT2D eigenvalue weighted by Crippen LogP contribution is 2.33. The number of Topliss-reactive ketones (excluding diaryl/α,β-unsaturated/α-hetero) is 1. The highest BCUT2D eigenvalue weighted by atomic mass is 35.5. The summed E-state index contributed by atoms with van der Waals surface area (Å²) >= 11 is 11.4. The van der Waals surface area contributed by atoms with E-state index in [2.05, 4.69) is 0 Å². The predicted molar refractivity (Wildman–Crippen MR) is 64.2 cm³/mol. The van der Waals surface area contributed by atoms with Crippen molar-refractivity contribution in [2.75, 3.05) is 20.1 Å². The quantitative estimate of drug-likeness (QED) is 0.604. The topological polar surface area (TPSA) is 35.5 Å². The molecule has 1 rings (SSSR count). The van der Waals surface area contributed by atoms with Gasteiger partial charge in [0.05, 0.1) is 24.8 Å². The summed E-state index contributed by atoms with van der Waals surface area (Å²) in [7, 11) is 2.97. The molecule has 0 atom stereocenters. The van der Waals surface area contributed by atoms with Crippen molar-refractivity contribution in [2.45, 2.75) is 6.42 Å². The van der Waals surface area contributed by atoms with Gasteiger partial charge in [-0.3, -0.25) is 4.79 Å². The number of ketones is 1. The van der Waals surface area contributed by atoms with Crippen LogP contribution in [0.25, 0.3) is 0 Å². The summed E-state index contributed by atoms with van der Waals surface area (Å²) in [6, 6.07) is 3.12. The second kappa shape index (κ2) is 5.97. The van der Waals surface area contributed by atoms with Gasteiger partial charge < -0.3 is 9.47 Å². The van der Waals surface area contributed by atoms with E-state index in [0.29, 0.717) is 22.1 Å². The maximum atomic E-state index is 11.7. The van der Waals surface area contributed by atoms with E-state index in [1.807, 2.05) is 0 Å². The van der Waals surface area contributed by atoms with Crippen molar-refractivity contribution in [3.63, 3.8) is 0 Å². The second-order valence-electron chi connectivity index (χ2n) is 3.05. The fraction of sp³-hybridized carbons (Fsp3) is 0.364. The molecule has 88 valence electrons. The number of carbonyl (C=O) groups is 1. The van der Waals surface area contributed by atoms with Crippen LogP contribution in [0.3, 0.4) is 0 Å². The molecular formula is C11H12Cl2O3. The molecule has 0 heterocycles. The van der Waals surface area contributed by atoms with Crippen molar-refractivity contribution in [2.24, 2.45) is 0 Å². The minimum absolute atomic E-state index is 0.0955. The van der Waals surface area contributed by atoms with Crippen LogP contribution >= 0.6 is 23.2 Å². The van der Waals surface area contributed by atoms with Gasteiger partial charge in [0.15, 0.2) is 5.78 Å². The van der Waals surface area contributed by atoms with E-state index in [-0.39, 0.29) is 18.1 Å². The van der Waals surface area contributed by atoms with Crippen molar-refractivity contribution in [1.82, 2.24) is 0 Å². The van der Waals surface area contributed by atoms with E-state index < -0.39 is 0 Å².